The maximum atomic E-state index is 4.40. The first-order valence-corrected chi connectivity index (χ1v) is 7.17. The lowest BCUT2D eigenvalue weighted by Gasteiger charge is -2.21. The van der Waals surface area contributed by atoms with Crippen LogP contribution in [0.3, 0.4) is 0 Å². The van der Waals surface area contributed by atoms with E-state index < -0.39 is 0 Å². The molecule has 0 saturated carbocycles. The van der Waals surface area contributed by atoms with E-state index in [0.717, 1.165) is 31.1 Å². The molecular weight excluding hydrogens is 236 g/mol. The van der Waals surface area contributed by atoms with Gasteiger partial charge in [0.25, 0.3) is 0 Å². The first-order valence-electron chi connectivity index (χ1n) is 7.17. The van der Waals surface area contributed by atoms with Gasteiger partial charge in [0.15, 0.2) is 0 Å². The molecule has 0 amide bonds. The number of rotatable bonds is 6. The Labute approximate surface area is 117 Å². The van der Waals surface area contributed by atoms with Gasteiger partial charge in [-0.2, -0.15) is 0 Å². The highest BCUT2D eigenvalue weighted by Crippen LogP contribution is 2.28. The predicted molar refractivity (Wildman–Crippen MR) is 82.8 cm³/mol. The molecule has 1 heterocycles. The number of nitrogens with zero attached hydrogens (tertiary/aromatic N) is 2. The van der Waals surface area contributed by atoms with Crippen molar-refractivity contribution in [3.05, 3.63) is 11.9 Å². The molecule has 0 aromatic carbocycles. The van der Waals surface area contributed by atoms with Gasteiger partial charge in [-0.3, -0.25) is 0 Å². The number of hydrogen-bond donors (Lipinski definition) is 2. The summed E-state index contributed by atoms with van der Waals surface area (Å²) in [6.07, 6.45) is 2.74. The van der Waals surface area contributed by atoms with Crippen LogP contribution in [0.25, 0.3) is 0 Å². The summed E-state index contributed by atoms with van der Waals surface area (Å²) in [5, 5.41) is 6.77. The molecule has 0 fully saturated rings. The summed E-state index contributed by atoms with van der Waals surface area (Å²) in [4.78, 5) is 8.75. The Kier molecular flexibility index (Phi) is 5.58. The van der Waals surface area contributed by atoms with E-state index in [4.69, 9.17) is 0 Å². The van der Waals surface area contributed by atoms with Gasteiger partial charge in [-0.25, -0.2) is 9.97 Å². The molecule has 1 rings (SSSR count). The van der Waals surface area contributed by atoms with Gasteiger partial charge < -0.3 is 10.6 Å². The molecule has 1 aromatic heterocycles. The van der Waals surface area contributed by atoms with Gasteiger partial charge >= 0.3 is 0 Å². The van der Waals surface area contributed by atoms with E-state index in [9.17, 15) is 0 Å². The van der Waals surface area contributed by atoms with Crippen LogP contribution in [0.1, 0.15) is 59.4 Å². The average molecular weight is 264 g/mol. The summed E-state index contributed by atoms with van der Waals surface area (Å²) in [6.45, 7) is 15.0. The lowest BCUT2D eigenvalue weighted by Crippen LogP contribution is -2.16. The molecule has 0 radical (unpaired) electrons. The molecule has 4 heteroatoms. The van der Waals surface area contributed by atoms with Crippen LogP contribution >= 0.6 is 0 Å². The Morgan fingerprint density at radius 2 is 1.68 bits per heavy atom. The molecular formula is C15H28N4. The normalized spacial score (nSPS) is 11.7. The molecule has 0 atom stereocenters. The molecule has 0 saturated heterocycles. The Hall–Kier alpha value is -1.32. The van der Waals surface area contributed by atoms with Crippen LogP contribution in [0.5, 0.6) is 0 Å². The van der Waals surface area contributed by atoms with Crippen molar-refractivity contribution in [1.29, 1.82) is 0 Å². The summed E-state index contributed by atoms with van der Waals surface area (Å²) in [5.41, 5.74) is 1.51. The van der Waals surface area contributed by atoms with Gasteiger partial charge in [-0.1, -0.05) is 34.6 Å². The predicted octanol–water partition coefficient (Wildman–Crippen LogP) is 3.88. The first kappa shape index (κ1) is 15.7. The van der Waals surface area contributed by atoms with Crippen LogP contribution in [0.15, 0.2) is 6.33 Å². The summed E-state index contributed by atoms with van der Waals surface area (Å²) in [6, 6.07) is 0. The van der Waals surface area contributed by atoms with Crippen molar-refractivity contribution in [3.8, 4) is 0 Å². The molecule has 0 spiro atoms. The standard InChI is InChI=1S/C15H28N4/c1-7-16-13-12(11(2)3)14(19-10-18-13)17-9-8-15(4,5)6/h10-11H,7-9H2,1-6H3,(H2,16,17,18,19). The highest BCUT2D eigenvalue weighted by atomic mass is 15.1. The monoisotopic (exact) mass is 264 g/mol. The van der Waals surface area contributed by atoms with Crippen molar-refractivity contribution in [2.24, 2.45) is 5.41 Å². The van der Waals surface area contributed by atoms with Gasteiger partial charge in [0.05, 0.1) is 0 Å². The molecule has 4 nitrogen and oxygen atoms in total. The Morgan fingerprint density at radius 3 is 2.16 bits per heavy atom. The van der Waals surface area contributed by atoms with Crippen molar-refractivity contribution < 1.29 is 0 Å². The van der Waals surface area contributed by atoms with Crippen LogP contribution < -0.4 is 10.6 Å². The fraction of sp³-hybridized carbons (Fsp3) is 0.733. The summed E-state index contributed by atoms with van der Waals surface area (Å²) >= 11 is 0. The minimum Gasteiger partial charge on any atom is -0.370 e. The van der Waals surface area contributed by atoms with Gasteiger partial charge in [-0.05, 0) is 24.7 Å². The zero-order valence-electron chi connectivity index (χ0n) is 13.2. The minimum absolute atomic E-state index is 0.336. The molecule has 2 N–H and O–H groups in total. The van der Waals surface area contributed by atoms with Gasteiger partial charge in [0.2, 0.25) is 0 Å². The Balaban J connectivity index is 2.84. The largest absolute Gasteiger partial charge is 0.370 e. The summed E-state index contributed by atoms with van der Waals surface area (Å²) in [7, 11) is 0. The van der Waals surface area contributed by atoms with Crippen LogP contribution in [0, 0.1) is 5.41 Å². The van der Waals surface area contributed by atoms with Crippen molar-refractivity contribution >= 4 is 11.6 Å². The van der Waals surface area contributed by atoms with Crippen LogP contribution in [-0.2, 0) is 0 Å². The van der Waals surface area contributed by atoms with Crippen molar-refractivity contribution in [2.45, 2.75) is 53.9 Å². The van der Waals surface area contributed by atoms with E-state index in [2.05, 4.69) is 62.1 Å². The number of aromatic nitrogens is 2. The summed E-state index contributed by atoms with van der Waals surface area (Å²) in [5.74, 6) is 2.31. The molecule has 0 bridgehead atoms. The fourth-order valence-electron chi connectivity index (χ4n) is 1.95. The van der Waals surface area contributed by atoms with Gasteiger partial charge in [0, 0.05) is 18.7 Å². The van der Waals surface area contributed by atoms with E-state index in [1.54, 1.807) is 6.33 Å². The third kappa shape index (κ3) is 5.05. The second-order valence-corrected chi connectivity index (χ2v) is 6.41. The van der Waals surface area contributed by atoms with Gasteiger partial charge in [-0.15, -0.1) is 0 Å². The number of anilines is 2. The van der Waals surface area contributed by atoms with Crippen LogP contribution in [-0.4, -0.2) is 23.1 Å². The Morgan fingerprint density at radius 1 is 1.11 bits per heavy atom. The quantitative estimate of drug-likeness (QED) is 0.818. The highest BCUT2D eigenvalue weighted by Gasteiger charge is 2.15. The molecule has 1 aromatic rings. The zero-order valence-corrected chi connectivity index (χ0v) is 13.2. The minimum atomic E-state index is 0.336. The summed E-state index contributed by atoms with van der Waals surface area (Å²) < 4.78 is 0. The third-order valence-corrected chi connectivity index (χ3v) is 2.97. The molecule has 19 heavy (non-hydrogen) atoms. The maximum Gasteiger partial charge on any atom is 0.134 e. The van der Waals surface area contributed by atoms with Crippen LogP contribution in [0.2, 0.25) is 0 Å². The van der Waals surface area contributed by atoms with E-state index in [-0.39, 0.29) is 0 Å². The van der Waals surface area contributed by atoms with Crippen molar-refractivity contribution in [3.63, 3.8) is 0 Å². The molecule has 0 unspecified atom stereocenters. The fourth-order valence-corrected chi connectivity index (χ4v) is 1.95. The SMILES string of the molecule is CCNc1ncnc(NCCC(C)(C)C)c1C(C)C. The van der Waals surface area contributed by atoms with Crippen molar-refractivity contribution in [2.75, 3.05) is 23.7 Å². The van der Waals surface area contributed by atoms with E-state index in [1.807, 2.05) is 0 Å². The Bertz CT molecular complexity index is 394. The molecule has 0 aliphatic rings. The van der Waals surface area contributed by atoms with Crippen molar-refractivity contribution in [1.82, 2.24) is 9.97 Å². The molecule has 0 aliphatic heterocycles. The topological polar surface area (TPSA) is 49.8 Å². The lowest BCUT2D eigenvalue weighted by atomic mass is 9.92. The van der Waals surface area contributed by atoms with Gasteiger partial charge in [0.1, 0.15) is 18.0 Å². The molecule has 0 aliphatic carbocycles. The zero-order chi connectivity index (χ0) is 14.5. The average Bonchev–Trinajstić information content (AvgIpc) is 2.27. The highest BCUT2D eigenvalue weighted by molar-refractivity contribution is 5.58. The number of nitrogens with one attached hydrogen (secondary N) is 2. The second kappa shape index (κ2) is 6.73. The first-order chi connectivity index (χ1) is 8.85. The lowest BCUT2D eigenvalue weighted by molar-refractivity contribution is 0.389. The third-order valence-electron chi connectivity index (χ3n) is 2.97. The maximum absolute atomic E-state index is 4.40. The van der Waals surface area contributed by atoms with E-state index >= 15 is 0 Å². The smallest absolute Gasteiger partial charge is 0.134 e. The molecule has 108 valence electrons. The van der Waals surface area contributed by atoms with E-state index in [1.165, 1.54) is 5.56 Å². The number of hydrogen-bond acceptors (Lipinski definition) is 4. The second-order valence-electron chi connectivity index (χ2n) is 6.41. The van der Waals surface area contributed by atoms with E-state index in [0.29, 0.717) is 11.3 Å². The van der Waals surface area contributed by atoms with Crippen LogP contribution in [0.4, 0.5) is 11.6 Å².